The molecule has 6 heteroatoms. The first-order valence-electron chi connectivity index (χ1n) is 11.3. The summed E-state index contributed by atoms with van der Waals surface area (Å²) < 4.78 is 4.24. The lowest BCUT2D eigenvalue weighted by Crippen LogP contribution is -2.41. The zero-order valence-electron chi connectivity index (χ0n) is 17.8. The molecule has 4 aromatic rings. The van der Waals surface area contributed by atoms with Crippen LogP contribution in [-0.2, 0) is 17.8 Å². The highest BCUT2D eigenvalue weighted by Crippen LogP contribution is 2.38. The van der Waals surface area contributed by atoms with Crippen LogP contribution in [-0.4, -0.2) is 31.6 Å². The quantitative estimate of drug-likeness (QED) is 0.487. The summed E-state index contributed by atoms with van der Waals surface area (Å²) in [6, 6.07) is 16.4. The van der Waals surface area contributed by atoms with E-state index in [-0.39, 0.29) is 11.3 Å². The number of nitrogens with zero attached hydrogens (tertiary/aromatic N) is 4. The zero-order valence-corrected chi connectivity index (χ0v) is 17.8. The first-order chi connectivity index (χ1) is 15.2. The maximum Gasteiger partial charge on any atom is 0.221 e. The van der Waals surface area contributed by atoms with Crippen LogP contribution in [0.15, 0.2) is 60.9 Å². The molecule has 1 N–H and O–H groups in total. The van der Waals surface area contributed by atoms with E-state index in [2.05, 4.69) is 48.9 Å². The van der Waals surface area contributed by atoms with Gasteiger partial charge in [0.2, 0.25) is 5.91 Å². The lowest BCUT2D eigenvalue weighted by molar-refractivity contribution is -0.122. The molecule has 3 heterocycles. The Kier molecular flexibility index (Phi) is 5.45. The van der Waals surface area contributed by atoms with Crippen LogP contribution in [0.5, 0.6) is 0 Å². The highest BCUT2D eigenvalue weighted by molar-refractivity contribution is 5.80. The van der Waals surface area contributed by atoms with Gasteiger partial charge in [0.25, 0.3) is 0 Å². The molecule has 1 amide bonds. The number of carbonyl (C=O) groups excluding carboxylic acids is 1. The van der Waals surface area contributed by atoms with E-state index < -0.39 is 0 Å². The number of hydrogen-bond donors (Lipinski definition) is 1. The second-order valence-corrected chi connectivity index (χ2v) is 8.88. The molecule has 5 rings (SSSR count). The fraction of sp³-hybridized carbons (Fsp3) is 0.400. The molecule has 0 unspecified atom stereocenters. The zero-order chi connectivity index (χ0) is 21.1. The first kappa shape index (κ1) is 19.8. The van der Waals surface area contributed by atoms with Crippen LogP contribution in [0.2, 0.25) is 0 Å². The lowest BCUT2D eigenvalue weighted by Gasteiger charge is -2.37. The normalized spacial score (nSPS) is 16.0. The number of fused-ring (bicyclic) bond motifs is 2. The summed E-state index contributed by atoms with van der Waals surface area (Å²) in [5.74, 6) is 1.11. The molecular formula is C25H29N5O. The summed E-state index contributed by atoms with van der Waals surface area (Å²) in [6.45, 7) is 1.40. The average Bonchev–Trinajstić information content (AvgIpc) is 3.41. The van der Waals surface area contributed by atoms with Crippen LogP contribution in [0.25, 0.3) is 16.6 Å². The Morgan fingerprint density at radius 3 is 2.71 bits per heavy atom. The standard InChI is InChI=1S/C25H29N5O/c31-24(12-17-29-16-11-20-8-2-3-9-21(20)29)26-19-25(13-5-1-6-14-25)18-23-28-27-22-10-4-7-15-30(22)23/h2-4,7-11,15-16H,1,5-6,12-14,17-19H2,(H,26,31). The molecular weight excluding hydrogens is 386 g/mol. The third-order valence-corrected chi connectivity index (χ3v) is 6.75. The van der Waals surface area contributed by atoms with Crippen LogP contribution >= 0.6 is 0 Å². The minimum Gasteiger partial charge on any atom is -0.355 e. The number of amides is 1. The number of rotatable bonds is 7. The van der Waals surface area contributed by atoms with Crippen LogP contribution in [0.4, 0.5) is 0 Å². The Balaban J connectivity index is 1.24. The maximum atomic E-state index is 12.7. The van der Waals surface area contributed by atoms with Crippen LogP contribution in [0.3, 0.4) is 0 Å². The summed E-state index contributed by atoms with van der Waals surface area (Å²) in [5, 5.41) is 13.2. The molecule has 0 aliphatic heterocycles. The van der Waals surface area contributed by atoms with Crippen LogP contribution in [0.1, 0.15) is 44.3 Å². The first-order valence-corrected chi connectivity index (χ1v) is 11.3. The molecule has 0 atom stereocenters. The van der Waals surface area contributed by atoms with Crippen molar-refractivity contribution >= 4 is 22.5 Å². The molecule has 0 saturated heterocycles. The van der Waals surface area contributed by atoms with Crippen molar-refractivity contribution in [2.75, 3.05) is 6.54 Å². The molecule has 1 aromatic carbocycles. The number of hydrogen-bond acceptors (Lipinski definition) is 3. The third-order valence-electron chi connectivity index (χ3n) is 6.75. The van der Waals surface area contributed by atoms with Crippen molar-refractivity contribution in [2.24, 2.45) is 5.41 Å². The van der Waals surface area contributed by atoms with Gasteiger partial charge in [-0.05, 0) is 47.9 Å². The highest BCUT2D eigenvalue weighted by atomic mass is 16.1. The molecule has 0 radical (unpaired) electrons. The number of aryl methyl sites for hydroxylation is 1. The SMILES string of the molecule is O=C(CCn1ccc2ccccc21)NCC1(Cc2nnc3ccccn23)CCCCC1. The molecule has 160 valence electrons. The van der Waals surface area contributed by atoms with Gasteiger partial charge < -0.3 is 9.88 Å². The summed E-state index contributed by atoms with van der Waals surface area (Å²) in [4.78, 5) is 12.7. The van der Waals surface area contributed by atoms with Gasteiger partial charge >= 0.3 is 0 Å². The highest BCUT2D eigenvalue weighted by Gasteiger charge is 2.34. The molecule has 1 aliphatic carbocycles. The lowest BCUT2D eigenvalue weighted by atomic mass is 9.71. The predicted molar refractivity (Wildman–Crippen MR) is 122 cm³/mol. The van der Waals surface area contributed by atoms with Crippen molar-refractivity contribution in [3.05, 3.63) is 66.7 Å². The molecule has 6 nitrogen and oxygen atoms in total. The number of benzene rings is 1. The van der Waals surface area contributed by atoms with E-state index in [0.29, 0.717) is 19.5 Å². The van der Waals surface area contributed by atoms with E-state index >= 15 is 0 Å². The van der Waals surface area contributed by atoms with Gasteiger partial charge in [0, 0.05) is 43.8 Å². The van der Waals surface area contributed by atoms with Crippen LogP contribution in [0, 0.1) is 5.41 Å². The summed E-state index contributed by atoms with van der Waals surface area (Å²) in [6.07, 6.45) is 11.4. The van der Waals surface area contributed by atoms with Crippen molar-refractivity contribution in [2.45, 2.75) is 51.5 Å². The van der Waals surface area contributed by atoms with E-state index in [1.807, 2.05) is 36.5 Å². The van der Waals surface area contributed by atoms with Crippen molar-refractivity contribution in [3.8, 4) is 0 Å². The van der Waals surface area contributed by atoms with Gasteiger partial charge in [-0.2, -0.15) is 0 Å². The topological polar surface area (TPSA) is 64.2 Å². The fourth-order valence-electron chi connectivity index (χ4n) is 5.00. The largest absolute Gasteiger partial charge is 0.355 e. The molecule has 1 saturated carbocycles. The van der Waals surface area contributed by atoms with Gasteiger partial charge in [-0.15, -0.1) is 10.2 Å². The Labute approximate surface area is 182 Å². The minimum atomic E-state index is 0.0624. The number of nitrogens with one attached hydrogen (secondary N) is 1. The maximum absolute atomic E-state index is 12.7. The molecule has 0 spiro atoms. The van der Waals surface area contributed by atoms with Crippen molar-refractivity contribution in [1.82, 2.24) is 24.5 Å². The summed E-state index contributed by atoms with van der Waals surface area (Å²) >= 11 is 0. The van der Waals surface area contributed by atoms with Crippen molar-refractivity contribution < 1.29 is 4.79 Å². The van der Waals surface area contributed by atoms with Gasteiger partial charge in [0.05, 0.1) is 0 Å². The fourth-order valence-corrected chi connectivity index (χ4v) is 5.00. The third kappa shape index (κ3) is 4.20. The van der Waals surface area contributed by atoms with Gasteiger partial charge in [0.15, 0.2) is 5.65 Å². The van der Waals surface area contributed by atoms with E-state index in [0.717, 1.165) is 30.7 Å². The van der Waals surface area contributed by atoms with Gasteiger partial charge in [-0.1, -0.05) is 43.5 Å². The second kappa shape index (κ2) is 8.53. The summed E-state index contributed by atoms with van der Waals surface area (Å²) in [7, 11) is 0. The smallest absolute Gasteiger partial charge is 0.221 e. The number of carbonyl (C=O) groups is 1. The molecule has 1 fully saturated rings. The molecule has 3 aromatic heterocycles. The monoisotopic (exact) mass is 415 g/mol. The number of pyridine rings is 1. The molecule has 1 aliphatic rings. The Morgan fingerprint density at radius 1 is 0.968 bits per heavy atom. The number of aromatic nitrogens is 4. The van der Waals surface area contributed by atoms with Gasteiger partial charge in [-0.3, -0.25) is 9.20 Å². The Bertz CT molecular complexity index is 1180. The molecule has 0 bridgehead atoms. The van der Waals surface area contributed by atoms with E-state index in [9.17, 15) is 4.79 Å². The van der Waals surface area contributed by atoms with E-state index in [1.54, 1.807) is 0 Å². The van der Waals surface area contributed by atoms with E-state index in [1.165, 1.54) is 30.2 Å². The number of para-hydroxylation sites is 1. The van der Waals surface area contributed by atoms with E-state index in [4.69, 9.17) is 0 Å². The average molecular weight is 416 g/mol. The predicted octanol–water partition coefficient (Wildman–Crippen LogP) is 4.38. The minimum absolute atomic E-state index is 0.0624. The van der Waals surface area contributed by atoms with Crippen molar-refractivity contribution in [1.29, 1.82) is 0 Å². The Morgan fingerprint density at radius 2 is 1.81 bits per heavy atom. The van der Waals surface area contributed by atoms with Crippen molar-refractivity contribution in [3.63, 3.8) is 0 Å². The van der Waals surface area contributed by atoms with Gasteiger partial charge in [-0.25, -0.2) is 0 Å². The summed E-state index contributed by atoms with van der Waals surface area (Å²) in [5.41, 5.74) is 2.12. The van der Waals surface area contributed by atoms with Crippen LogP contribution < -0.4 is 5.32 Å². The molecule has 31 heavy (non-hydrogen) atoms. The Hall–Kier alpha value is -3.15. The van der Waals surface area contributed by atoms with Gasteiger partial charge in [0.1, 0.15) is 5.82 Å². The second-order valence-electron chi connectivity index (χ2n) is 8.88.